The number of hydrogen-bond acceptors (Lipinski definition) is 3. The van der Waals surface area contributed by atoms with Gasteiger partial charge in [0, 0.05) is 25.2 Å². The SMILES string of the molecule is CN(C)C(=O)c1ccc(-c2cccc(C=O)c2O)cc1. The minimum atomic E-state index is -0.0811. The lowest BCUT2D eigenvalue weighted by molar-refractivity contribution is 0.0827. The van der Waals surface area contributed by atoms with Crippen molar-refractivity contribution < 1.29 is 14.7 Å². The maximum absolute atomic E-state index is 11.8. The summed E-state index contributed by atoms with van der Waals surface area (Å²) in [6.45, 7) is 0. The molecule has 2 aromatic rings. The molecule has 2 rings (SSSR count). The summed E-state index contributed by atoms with van der Waals surface area (Å²) in [5, 5.41) is 10.0. The summed E-state index contributed by atoms with van der Waals surface area (Å²) < 4.78 is 0. The van der Waals surface area contributed by atoms with E-state index >= 15 is 0 Å². The summed E-state index contributed by atoms with van der Waals surface area (Å²) in [5.74, 6) is -0.128. The van der Waals surface area contributed by atoms with Gasteiger partial charge in [-0.25, -0.2) is 0 Å². The van der Waals surface area contributed by atoms with Gasteiger partial charge in [-0.1, -0.05) is 24.3 Å². The molecule has 0 saturated carbocycles. The molecular weight excluding hydrogens is 254 g/mol. The van der Waals surface area contributed by atoms with Gasteiger partial charge < -0.3 is 10.0 Å². The van der Waals surface area contributed by atoms with Gasteiger partial charge in [0.1, 0.15) is 5.75 Å². The number of carbonyl (C=O) groups excluding carboxylic acids is 2. The number of rotatable bonds is 3. The number of phenols is 1. The second-order valence-electron chi connectivity index (χ2n) is 4.64. The van der Waals surface area contributed by atoms with Crippen LogP contribution in [0.25, 0.3) is 11.1 Å². The largest absolute Gasteiger partial charge is 0.507 e. The molecule has 0 bridgehead atoms. The molecule has 0 aliphatic rings. The number of aldehydes is 1. The van der Waals surface area contributed by atoms with E-state index in [1.807, 2.05) is 0 Å². The van der Waals surface area contributed by atoms with Crippen LogP contribution in [-0.2, 0) is 0 Å². The zero-order valence-electron chi connectivity index (χ0n) is 11.3. The van der Waals surface area contributed by atoms with Gasteiger partial charge in [0.25, 0.3) is 5.91 Å². The van der Waals surface area contributed by atoms with Crippen molar-refractivity contribution in [2.75, 3.05) is 14.1 Å². The Kier molecular flexibility index (Phi) is 3.84. The second-order valence-corrected chi connectivity index (χ2v) is 4.64. The first-order chi connectivity index (χ1) is 9.54. The zero-order chi connectivity index (χ0) is 14.7. The topological polar surface area (TPSA) is 57.6 Å². The Bertz CT molecular complexity index is 645. The van der Waals surface area contributed by atoms with Crippen LogP contribution in [0.4, 0.5) is 0 Å². The van der Waals surface area contributed by atoms with Crippen LogP contribution >= 0.6 is 0 Å². The molecule has 0 fully saturated rings. The molecule has 0 atom stereocenters. The first-order valence-corrected chi connectivity index (χ1v) is 6.14. The number of carbonyl (C=O) groups is 2. The highest BCUT2D eigenvalue weighted by Crippen LogP contribution is 2.31. The lowest BCUT2D eigenvalue weighted by Crippen LogP contribution is -2.21. The van der Waals surface area contributed by atoms with E-state index in [1.54, 1.807) is 56.6 Å². The molecule has 4 heteroatoms. The van der Waals surface area contributed by atoms with Gasteiger partial charge in [0.15, 0.2) is 6.29 Å². The number of phenolic OH excluding ortho intramolecular Hbond substituents is 1. The third kappa shape index (κ3) is 2.54. The van der Waals surface area contributed by atoms with Gasteiger partial charge in [-0.3, -0.25) is 9.59 Å². The van der Waals surface area contributed by atoms with Crippen LogP contribution in [0.1, 0.15) is 20.7 Å². The average Bonchev–Trinajstić information content (AvgIpc) is 2.47. The van der Waals surface area contributed by atoms with E-state index in [4.69, 9.17) is 0 Å². The van der Waals surface area contributed by atoms with Gasteiger partial charge in [-0.05, 0) is 23.8 Å². The summed E-state index contributed by atoms with van der Waals surface area (Å²) >= 11 is 0. The van der Waals surface area contributed by atoms with E-state index in [0.29, 0.717) is 17.4 Å². The predicted octanol–water partition coefficient (Wildman–Crippen LogP) is 2.57. The number of para-hydroxylation sites is 1. The molecule has 2 aromatic carbocycles. The molecule has 0 aliphatic carbocycles. The summed E-state index contributed by atoms with van der Waals surface area (Å²) in [7, 11) is 3.38. The van der Waals surface area contributed by atoms with Crippen LogP contribution in [0.15, 0.2) is 42.5 Å². The van der Waals surface area contributed by atoms with Crippen LogP contribution in [0.5, 0.6) is 5.75 Å². The number of hydrogen-bond donors (Lipinski definition) is 1. The standard InChI is InChI=1S/C16H15NO3/c1-17(2)16(20)12-8-6-11(7-9-12)14-5-3-4-13(10-18)15(14)19/h3-10,19H,1-2H3. The lowest BCUT2D eigenvalue weighted by atomic mass is 10.0. The molecule has 20 heavy (non-hydrogen) atoms. The summed E-state index contributed by atoms with van der Waals surface area (Å²) in [4.78, 5) is 24.1. The maximum atomic E-state index is 11.8. The molecule has 0 unspecified atom stereocenters. The van der Waals surface area contributed by atoms with Crippen molar-refractivity contribution in [1.82, 2.24) is 4.90 Å². The van der Waals surface area contributed by atoms with Gasteiger partial charge in [0.05, 0.1) is 5.56 Å². The lowest BCUT2D eigenvalue weighted by Gasteiger charge is -2.11. The summed E-state index contributed by atoms with van der Waals surface area (Å²) in [6, 6.07) is 11.9. The summed E-state index contributed by atoms with van der Waals surface area (Å²) in [6.07, 6.45) is 0.614. The first kappa shape index (κ1) is 13.8. The van der Waals surface area contributed by atoms with Crippen molar-refractivity contribution >= 4 is 12.2 Å². The van der Waals surface area contributed by atoms with Crippen LogP contribution in [0.3, 0.4) is 0 Å². The fourth-order valence-electron chi connectivity index (χ4n) is 1.94. The minimum Gasteiger partial charge on any atom is -0.507 e. The normalized spacial score (nSPS) is 10.1. The molecule has 0 aliphatic heterocycles. The van der Waals surface area contributed by atoms with E-state index in [9.17, 15) is 14.7 Å². The smallest absolute Gasteiger partial charge is 0.253 e. The Labute approximate surface area is 117 Å². The van der Waals surface area contributed by atoms with Crippen molar-refractivity contribution in [1.29, 1.82) is 0 Å². The zero-order valence-corrected chi connectivity index (χ0v) is 11.3. The van der Waals surface area contributed by atoms with Crippen molar-refractivity contribution in [2.45, 2.75) is 0 Å². The maximum Gasteiger partial charge on any atom is 0.253 e. The third-order valence-corrected chi connectivity index (χ3v) is 3.04. The number of benzene rings is 2. The van der Waals surface area contributed by atoms with Crippen molar-refractivity contribution in [3.63, 3.8) is 0 Å². The average molecular weight is 269 g/mol. The van der Waals surface area contributed by atoms with Crippen LogP contribution in [-0.4, -0.2) is 36.3 Å². The number of nitrogens with zero attached hydrogens (tertiary/aromatic N) is 1. The van der Waals surface area contributed by atoms with Gasteiger partial charge in [0.2, 0.25) is 0 Å². The van der Waals surface area contributed by atoms with Crippen molar-refractivity contribution in [3.8, 4) is 16.9 Å². The Morgan fingerprint density at radius 1 is 1.10 bits per heavy atom. The van der Waals surface area contributed by atoms with Crippen molar-refractivity contribution in [3.05, 3.63) is 53.6 Å². The predicted molar refractivity (Wildman–Crippen MR) is 76.9 cm³/mol. The monoisotopic (exact) mass is 269 g/mol. The molecule has 1 N–H and O–H groups in total. The Morgan fingerprint density at radius 2 is 1.75 bits per heavy atom. The molecule has 0 heterocycles. The third-order valence-electron chi connectivity index (χ3n) is 3.04. The van der Waals surface area contributed by atoms with E-state index in [1.165, 1.54) is 4.90 Å². The Balaban J connectivity index is 2.40. The van der Waals surface area contributed by atoms with E-state index in [-0.39, 0.29) is 17.2 Å². The van der Waals surface area contributed by atoms with Gasteiger partial charge >= 0.3 is 0 Å². The molecular formula is C16H15NO3. The van der Waals surface area contributed by atoms with Crippen LogP contribution in [0.2, 0.25) is 0 Å². The van der Waals surface area contributed by atoms with Crippen LogP contribution < -0.4 is 0 Å². The quantitative estimate of drug-likeness (QED) is 0.871. The molecule has 102 valence electrons. The fraction of sp³-hybridized carbons (Fsp3) is 0.125. The van der Waals surface area contributed by atoms with Crippen molar-refractivity contribution in [2.24, 2.45) is 0 Å². The van der Waals surface area contributed by atoms with Gasteiger partial charge in [-0.15, -0.1) is 0 Å². The molecule has 0 spiro atoms. The first-order valence-electron chi connectivity index (χ1n) is 6.14. The highest BCUT2D eigenvalue weighted by Gasteiger charge is 2.11. The van der Waals surface area contributed by atoms with Crippen LogP contribution in [0, 0.1) is 0 Å². The van der Waals surface area contributed by atoms with E-state index in [0.717, 1.165) is 5.56 Å². The molecule has 1 amide bonds. The highest BCUT2D eigenvalue weighted by molar-refractivity contribution is 5.94. The minimum absolute atomic E-state index is 0.0470. The fourth-order valence-corrected chi connectivity index (χ4v) is 1.94. The number of amides is 1. The molecule has 0 aromatic heterocycles. The second kappa shape index (κ2) is 5.57. The molecule has 0 radical (unpaired) electrons. The summed E-state index contributed by atoms with van der Waals surface area (Å²) in [5.41, 5.74) is 2.14. The van der Waals surface area contributed by atoms with E-state index in [2.05, 4.69) is 0 Å². The van der Waals surface area contributed by atoms with E-state index < -0.39 is 0 Å². The Morgan fingerprint density at radius 3 is 2.30 bits per heavy atom. The molecule has 4 nitrogen and oxygen atoms in total. The number of aromatic hydroxyl groups is 1. The highest BCUT2D eigenvalue weighted by atomic mass is 16.3. The molecule has 0 saturated heterocycles. The van der Waals surface area contributed by atoms with Gasteiger partial charge in [-0.2, -0.15) is 0 Å². The Hall–Kier alpha value is -2.62.